The lowest BCUT2D eigenvalue weighted by atomic mass is 9.95. The average Bonchev–Trinajstić information content (AvgIpc) is 3.23. The van der Waals surface area contributed by atoms with Gasteiger partial charge in [0.15, 0.2) is 0 Å². The molecule has 1 N–H and O–H groups in total. The van der Waals surface area contributed by atoms with Crippen LogP contribution in [-0.4, -0.2) is 46.6 Å². The third kappa shape index (κ3) is 2.85. The van der Waals surface area contributed by atoms with Crippen LogP contribution in [0.25, 0.3) is 11.0 Å². The number of nitrogens with zero attached hydrogens (tertiary/aromatic N) is 2. The van der Waals surface area contributed by atoms with Crippen molar-refractivity contribution in [3.05, 3.63) is 29.6 Å². The number of ether oxygens (including phenoxy) is 1. The van der Waals surface area contributed by atoms with Crippen LogP contribution in [0.4, 0.5) is 0 Å². The van der Waals surface area contributed by atoms with Crippen LogP contribution >= 0.6 is 0 Å². The van der Waals surface area contributed by atoms with Gasteiger partial charge in [-0.1, -0.05) is 6.07 Å². The molecule has 2 aliphatic rings. The van der Waals surface area contributed by atoms with Crippen LogP contribution in [0, 0.1) is 6.92 Å². The summed E-state index contributed by atoms with van der Waals surface area (Å²) < 4.78 is 5.52. The lowest BCUT2D eigenvalue weighted by Gasteiger charge is -2.32. The van der Waals surface area contributed by atoms with Crippen LogP contribution in [-0.2, 0) is 9.53 Å². The molecule has 0 spiro atoms. The fraction of sp³-hybridized carbons (Fsp3) is 0.556. The Morgan fingerprint density at radius 3 is 2.87 bits per heavy atom. The number of benzene rings is 1. The van der Waals surface area contributed by atoms with E-state index in [2.05, 4.69) is 30.1 Å². The number of carbonyl (C=O) groups is 1. The van der Waals surface area contributed by atoms with Crippen molar-refractivity contribution < 1.29 is 9.53 Å². The van der Waals surface area contributed by atoms with Gasteiger partial charge in [0.25, 0.3) is 5.91 Å². The van der Waals surface area contributed by atoms with Crippen molar-refractivity contribution in [2.24, 2.45) is 0 Å². The first kappa shape index (κ1) is 14.7. The van der Waals surface area contributed by atoms with Gasteiger partial charge in [-0.25, -0.2) is 4.98 Å². The Labute approximate surface area is 136 Å². The molecule has 0 radical (unpaired) electrons. The van der Waals surface area contributed by atoms with E-state index in [0.717, 1.165) is 62.2 Å². The zero-order chi connectivity index (χ0) is 15.8. The quantitative estimate of drug-likeness (QED) is 0.927. The fourth-order valence-electron chi connectivity index (χ4n) is 3.69. The first-order valence-corrected chi connectivity index (χ1v) is 8.57. The van der Waals surface area contributed by atoms with Gasteiger partial charge in [0.05, 0.1) is 11.0 Å². The largest absolute Gasteiger partial charge is 0.368 e. The van der Waals surface area contributed by atoms with Gasteiger partial charge in [0.2, 0.25) is 0 Å². The van der Waals surface area contributed by atoms with Gasteiger partial charge in [-0.2, -0.15) is 0 Å². The standard InChI is InChI=1S/C18H23N3O2/c1-12-4-5-14-15(11-12)20-17(19-14)13-6-8-21(9-7-13)18(22)16-3-2-10-23-16/h4-5,11,13,16H,2-3,6-10H2,1H3,(H,19,20)/t16-/m1/s1. The molecule has 5 heteroatoms. The number of hydrogen-bond donors (Lipinski definition) is 1. The Kier molecular flexibility index (Phi) is 3.81. The molecule has 1 aromatic heterocycles. The number of aryl methyl sites for hydroxylation is 1. The Bertz CT molecular complexity index is 710. The molecule has 2 aromatic rings. The Morgan fingerprint density at radius 1 is 1.30 bits per heavy atom. The van der Waals surface area contributed by atoms with Crippen molar-refractivity contribution in [1.29, 1.82) is 0 Å². The highest BCUT2D eigenvalue weighted by Gasteiger charge is 2.31. The number of aromatic amines is 1. The van der Waals surface area contributed by atoms with Gasteiger partial charge in [-0.15, -0.1) is 0 Å². The second-order valence-electron chi connectivity index (χ2n) is 6.74. The molecule has 3 heterocycles. The number of hydrogen-bond acceptors (Lipinski definition) is 3. The molecule has 23 heavy (non-hydrogen) atoms. The lowest BCUT2D eigenvalue weighted by Crippen LogP contribution is -2.43. The maximum atomic E-state index is 12.4. The average molecular weight is 313 g/mol. The number of H-pyrrole nitrogens is 1. The van der Waals surface area contributed by atoms with Crippen molar-refractivity contribution in [3.63, 3.8) is 0 Å². The number of aromatic nitrogens is 2. The summed E-state index contributed by atoms with van der Waals surface area (Å²) in [6, 6.07) is 6.30. The van der Waals surface area contributed by atoms with Crippen molar-refractivity contribution >= 4 is 16.9 Å². The molecule has 0 saturated carbocycles. The van der Waals surface area contributed by atoms with Crippen molar-refractivity contribution in [2.45, 2.75) is 44.6 Å². The SMILES string of the molecule is Cc1ccc2nc(C3CCN(C(=O)[C@H]4CCCO4)CC3)[nH]c2c1. The van der Waals surface area contributed by atoms with Gasteiger partial charge in [-0.05, 0) is 50.3 Å². The van der Waals surface area contributed by atoms with E-state index in [-0.39, 0.29) is 12.0 Å². The molecule has 5 nitrogen and oxygen atoms in total. The van der Waals surface area contributed by atoms with E-state index in [1.54, 1.807) is 0 Å². The van der Waals surface area contributed by atoms with Crippen LogP contribution in [0.1, 0.15) is 43.0 Å². The number of carbonyl (C=O) groups excluding carboxylic acids is 1. The smallest absolute Gasteiger partial charge is 0.251 e. The molecule has 0 bridgehead atoms. The zero-order valence-electron chi connectivity index (χ0n) is 13.5. The molecule has 122 valence electrons. The highest BCUT2D eigenvalue weighted by molar-refractivity contribution is 5.81. The fourth-order valence-corrected chi connectivity index (χ4v) is 3.69. The first-order chi connectivity index (χ1) is 11.2. The van der Waals surface area contributed by atoms with Crippen molar-refractivity contribution in [1.82, 2.24) is 14.9 Å². The Morgan fingerprint density at radius 2 is 2.13 bits per heavy atom. The monoisotopic (exact) mass is 313 g/mol. The summed E-state index contributed by atoms with van der Waals surface area (Å²) in [6.07, 6.45) is 3.63. The highest BCUT2D eigenvalue weighted by atomic mass is 16.5. The number of piperidine rings is 1. The number of rotatable bonds is 2. The van der Waals surface area contributed by atoms with E-state index in [4.69, 9.17) is 9.72 Å². The molecule has 4 rings (SSSR count). The van der Waals surface area contributed by atoms with Crippen LogP contribution in [0.2, 0.25) is 0 Å². The van der Waals surface area contributed by atoms with Crippen LogP contribution in [0.5, 0.6) is 0 Å². The minimum Gasteiger partial charge on any atom is -0.368 e. The van der Waals surface area contributed by atoms with E-state index in [9.17, 15) is 4.79 Å². The summed E-state index contributed by atoms with van der Waals surface area (Å²) in [5.74, 6) is 1.66. The van der Waals surface area contributed by atoms with E-state index in [0.29, 0.717) is 5.92 Å². The number of fused-ring (bicyclic) bond motifs is 1. The first-order valence-electron chi connectivity index (χ1n) is 8.57. The number of nitrogens with one attached hydrogen (secondary N) is 1. The Hall–Kier alpha value is -1.88. The summed E-state index contributed by atoms with van der Waals surface area (Å²) in [5.41, 5.74) is 3.38. The normalized spacial score (nSPS) is 22.8. The van der Waals surface area contributed by atoms with Crippen LogP contribution in [0.3, 0.4) is 0 Å². The summed E-state index contributed by atoms with van der Waals surface area (Å²) in [6.45, 7) is 4.43. The summed E-state index contributed by atoms with van der Waals surface area (Å²) in [5, 5.41) is 0. The van der Waals surface area contributed by atoms with Gasteiger partial charge >= 0.3 is 0 Å². The van der Waals surface area contributed by atoms with Gasteiger partial charge < -0.3 is 14.6 Å². The number of amides is 1. The second-order valence-corrected chi connectivity index (χ2v) is 6.74. The minimum absolute atomic E-state index is 0.182. The molecule has 0 unspecified atom stereocenters. The van der Waals surface area contributed by atoms with Gasteiger partial charge in [-0.3, -0.25) is 4.79 Å². The lowest BCUT2D eigenvalue weighted by molar-refractivity contribution is -0.142. The summed E-state index contributed by atoms with van der Waals surface area (Å²) in [4.78, 5) is 22.6. The molecular weight excluding hydrogens is 290 g/mol. The van der Waals surface area contributed by atoms with Gasteiger partial charge in [0, 0.05) is 25.6 Å². The number of likely N-dealkylation sites (tertiary alicyclic amines) is 1. The van der Waals surface area contributed by atoms with E-state index >= 15 is 0 Å². The summed E-state index contributed by atoms with van der Waals surface area (Å²) in [7, 11) is 0. The molecule has 1 amide bonds. The maximum absolute atomic E-state index is 12.4. The van der Waals surface area contributed by atoms with Crippen LogP contribution in [0.15, 0.2) is 18.2 Å². The topological polar surface area (TPSA) is 58.2 Å². The predicted octanol–water partition coefficient (Wildman–Crippen LogP) is 2.76. The number of imidazole rings is 1. The van der Waals surface area contributed by atoms with E-state index in [1.165, 1.54) is 5.56 Å². The third-order valence-corrected chi connectivity index (χ3v) is 5.05. The summed E-state index contributed by atoms with van der Waals surface area (Å²) >= 11 is 0. The molecule has 1 aromatic carbocycles. The van der Waals surface area contributed by atoms with E-state index in [1.807, 2.05) is 4.90 Å². The van der Waals surface area contributed by atoms with E-state index < -0.39 is 0 Å². The molecule has 2 aliphatic heterocycles. The minimum atomic E-state index is -0.194. The second kappa shape index (κ2) is 5.96. The molecule has 0 aliphatic carbocycles. The molecule has 2 saturated heterocycles. The zero-order valence-corrected chi connectivity index (χ0v) is 13.5. The van der Waals surface area contributed by atoms with Crippen LogP contribution < -0.4 is 0 Å². The predicted molar refractivity (Wildman–Crippen MR) is 88.4 cm³/mol. The van der Waals surface area contributed by atoms with Crippen molar-refractivity contribution in [3.8, 4) is 0 Å². The Balaban J connectivity index is 1.43. The highest BCUT2D eigenvalue weighted by Crippen LogP contribution is 2.29. The maximum Gasteiger partial charge on any atom is 0.251 e. The third-order valence-electron chi connectivity index (χ3n) is 5.05. The van der Waals surface area contributed by atoms with Gasteiger partial charge in [0.1, 0.15) is 11.9 Å². The molecule has 2 fully saturated rings. The molecular formula is C18H23N3O2. The molecule has 1 atom stereocenters. The van der Waals surface area contributed by atoms with Crippen molar-refractivity contribution in [2.75, 3.05) is 19.7 Å².